The van der Waals surface area contributed by atoms with E-state index in [0.717, 1.165) is 36.5 Å². The van der Waals surface area contributed by atoms with Gasteiger partial charge in [0.1, 0.15) is 11.8 Å². The first-order valence-corrected chi connectivity index (χ1v) is 9.02. The number of imidazole rings is 1. The van der Waals surface area contributed by atoms with Gasteiger partial charge in [0.05, 0.1) is 6.33 Å². The Kier molecular flexibility index (Phi) is 3.66. The van der Waals surface area contributed by atoms with Crippen molar-refractivity contribution in [2.75, 3.05) is 23.3 Å². The average molecular weight is 344 g/mol. The molecule has 1 atom stereocenters. The van der Waals surface area contributed by atoms with E-state index >= 15 is 0 Å². The van der Waals surface area contributed by atoms with Gasteiger partial charge in [-0.2, -0.15) is 0 Å². The minimum absolute atomic E-state index is 0.398. The number of nitrogens with one attached hydrogen (secondary N) is 2. The first-order valence-electron chi connectivity index (χ1n) is 9.02. The third-order valence-electron chi connectivity index (χ3n) is 5.17. The van der Waals surface area contributed by atoms with Gasteiger partial charge in [0.2, 0.25) is 0 Å². The summed E-state index contributed by atoms with van der Waals surface area (Å²) in [6.07, 6.45) is 5.60. The van der Waals surface area contributed by atoms with Crippen LogP contribution in [0.4, 0.5) is 11.5 Å². The highest BCUT2D eigenvalue weighted by atomic mass is 15.3. The molecule has 6 heteroatoms. The van der Waals surface area contributed by atoms with Crippen LogP contribution in [0, 0.1) is 0 Å². The Labute approximate surface area is 151 Å². The lowest BCUT2D eigenvalue weighted by Crippen LogP contribution is -2.35. The lowest BCUT2D eigenvalue weighted by Gasteiger charge is -2.26. The molecule has 0 bridgehead atoms. The fraction of sp³-hybridized carbons (Fsp3) is 0.250. The molecule has 0 saturated carbocycles. The Balaban J connectivity index is 1.40. The molecule has 1 fully saturated rings. The topological polar surface area (TPSA) is 69.7 Å². The molecule has 2 N–H and O–H groups in total. The minimum Gasteiger partial charge on any atom is -0.382 e. The monoisotopic (exact) mass is 344 g/mol. The van der Waals surface area contributed by atoms with Crippen LogP contribution in [0.25, 0.3) is 21.9 Å². The van der Waals surface area contributed by atoms with E-state index in [0.29, 0.717) is 6.04 Å². The van der Waals surface area contributed by atoms with E-state index in [1.54, 1.807) is 12.7 Å². The second kappa shape index (κ2) is 6.29. The third kappa shape index (κ3) is 2.54. The summed E-state index contributed by atoms with van der Waals surface area (Å²) in [5, 5.41) is 6.18. The quantitative estimate of drug-likeness (QED) is 0.592. The van der Waals surface area contributed by atoms with Gasteiger partial charge in [0.15, 0.2) is 11.5 Å². The molecular weight excluding hydrogens is 324 g/mol. The molecule has 4 aromatic rings. The molecular formula is C20H20N6. The van der Waals surface area contributed by atoms with Crippen molar-refractivity contribution in [1.82, 2.24) is 19.9 Å². The molecule has 2 aromatic heterocycles. The summed E-state index contributed by atoms with van der Waals surface area (Å²) < 4.78 is 0. The van der Waals surface area contributed by atoms with Crippen LogP contribution in [0.5, 0.6) is 0 Å². The van der Waals surface area contributed by atoms with Gasteiger partial charge in [0.25, 0.3) is 0 Å². The van der Waals surface area contributed by atoms with Crippen molar-refractivity contribution in [3.63, 3.8) is 0 Å². The van der Waals surface area contributed by atoms with E-state index in [4.69, 9.17) is 0 Å². The normalized spacial score (nSPS) is 17.2. The van der Waals surface area contributed by atoms with Gasteiger partial charge in [-0.05, 0) is 24.3 Å². The molecule has 3 heterocycles. The molecule has 0 radical (unpaired) electrons. The molecule has 1 aliphatic rings. The summed E-state index contributed by atoms with van der Waals surface area (Å²) in [6.45, 7) is 1.89. The van der Waals surface area contributed by atoms with Crippen LogP contribution in [-0.2, 0) is 0 Å². The molecule has 1 saturated heterocycles. The Morgan fingerprint density at radius 2 is 2.00 bits per heavy atom. The van der Waals surface area contributed by atoms with Crippen molar-refractivity contribution in [2.24, 2.45) is 0 Å². The van der Waals surface area contributed by atoms with Crippen LogP contribution in [0.15, 0.2) is 55.1 Å². The van der Waals surface area contributed by atoms with Crippen molar-refractivity contribution in [3.8, 4) is 0 Å². The highest BCUT2D eigenvalue weighted by Gasteiger charge is 2.27. The molecule has 0 spiro atoms. The average Bonchev–Trinajstić information content (AvgIpc) is 3.35. The summed E-state index contributed by atoms with van der Waals surface area (Å²) in [5.41, 5.74) is 2.83. The van der Waals surface area contributed by atoms with Crippen LogP contribution in [-0.4, -0.2) is 39.1 Å². The van der Waals surface area contributed by atoms with Crippen LogP contribution in [0.3, 0.4) is 0 Å². The highest BCUT2D eigenvalue weighted by molar-refractivity contribution is 5.93. The van der Waals surface area contributed by atoms with E-state index in [2.05, 4.69) is 72.6 Å². The first kappa shape index (κ1) is 15.1. The van der Waals surface area contributed by atoms with Gasteiger partial charge >= 0.3 is 0 Å². The SMILES string of the molecule is c1ccc2c(NCC3CCCN3c3ncnc4nc[nH]c34)cccc2c1. The number of anilines is 2. The Morgan fingerprint density at radius 3 is 3.00 bits per heavy atom. The molecule has 1 unspecified atom stereocenters. The van der Waals surface area contributed by atoms with E-state index < -0.39 is 0 Å². The van der Waals surface area contributed by atoms with Crippen molar-refractivity contribution < 1.29 is 0 Å². The van der Waals surface area contributed by atoms with Gasteiger partial charge in [0, 0.05) is 30.2 Å². The fourth-order valence-corrected chi connectivity index (χ4v) is 3.90. The Bertz CT molecular complexity index is 1050. The molecule has 5 rings (SSSR count). The maximum Gasteiger partial charge on any atom is 0.182 e. The zero-order chi connectivity index (χ0) is 17.3. The van der Waals surface area contributed by atoms with Crippen molar-refractivity contribution in [2.45, 2.75) is 18.9 Å². The Hall–Kier alpha value is -3.15. The summed E-state index contributed by atoms with van der Waals surface area (Å²) >= 11 is 0. The largest absolute Gasteiger partial charge is 0.382 e. The molecule has 0 amide bonds. The Morgan fingerprint density at radius 1 is 1.08 bits per heavy atom. The van der Waals surface area contributed by atoms with Gasteiger partial charge in [-0.25, -0.2) is 15.0 Å². The molecule has 130 valence electrons. The van der Waals surface area contributed by atoms with Crippen molar-refractivity contribution >= 4 is 33.4 Å². The molecule has 0 aliphatic carbocycles. The van der Waals surface area contributed by atoms with Gasteiger partial charge in [-0.15, -0.1) is 0 Å². The molecule has 2 aromatic carbocycles. The predicted octanol–water partition coefficient (Wildman–Crippen LogP) is 3.59. The second-order valence-corrected chi connectivity index (χ2v) is 6.70. The van der Waals surface area contributed by atoms with Crippen molar-refractivity contribution in [3.05, 3.63) is 55.1 Å². The standard InChI is InChI=1S/C20H20N6/c1-2-8-16-14(5-1)6-3-9-17(16)21-11-15-7-4-10-26(15)20-18-19(23-12-22-18)24-13-25-20/h1-3,5-6,8-9,12-13,15,21H,4,7,10-11H2,(H,22,23,24,25). The number of benzene rings is 2. The van der Waals surface area contributed by atoms with Crippen LogP contribution >= 0.6 is 0 Å². The summed E-state index contributed by atoms with van der Waals surface area (Å²) in [7, 11) is 0. The number of H-pyrrole nitrogens is 1. The predicted molar refractivity (Wildman–Crippen MR) is 104 cm³/mol. The number of hydrogen-bond acceptors (Lipinski definition) is 5. The van der Waals surface area contributed by atoms with Crippen LogP contribution < -0.4 is 10.2 Å². The highest BCUT2D eigenvalue weighted by Crippen LogP contribution is 2.29. The lowest BCUT2D eigenvalue weighted by molar-refractivity contribution is 0.692. The summed E-state index contributed by atoms with van der Waals surface area (Å²) in [4.78, 5) is 18.6. The van der Waals surface area contributed by atoms with Crippen LogP contribution in [0.1, 0.15) is 12.8 Å². The molecule has 1 aliphatic heterocycles. The van der Waals surface area contributed by atoms with E-state index in [9.17, 15) is 0 Å². The van der Waals surface area contributed by atoms with Gasteiger partial charge < -0.3 is 15.2 Å². The smallest absolute Gasteiger partial charge is 0.182 e. The summed E-state index contributed by atoms with van der Waals surface area (Å²) in [5.74, 6) is 0.953. The first-order chi connectivity index (χ1) is 12.9. The number of nitrogens with zero attached hydrogens (tertiary/aromatic N) is 4. The zero-order valence-electron chi connectivity index (χ0n) is 14.4. The number of aromatic amines is 1. The molecule has 26 heavy (non-hydrogen) atoms. The number of fused-ring (bicyclic) bond motifs is 2. The van der Waals surface area contributed by atoms with E-state index in [-0.39, 0.29) is 0 Å². The second-order valence-electron chi connectivity index (χ2n) is 6.70. The maximum atomic E-state index is 4.53. The van der Waals surface area contributed by atoms with Crippen molar-refractivity contribution in [1.29, 1.82) is 0 Å². The minimum atomic E-state index is 0.398. The van der Waals surface area contributed by atoms with Gasteiger partial charge in [-0.1, -0.05) is 36.4 Å². The van der Waals surface area contributed by atoms with Crippen LogP contribution in [0.2, 0.25) is 0 Å². The molecule has 6 nitrogen and oxygen atoms in total. The third-order valence-corrected chi connectivity index (χ3v) is 5.17. The fourth-order valence-electron chi connectivity index (χ4n) is 3.90. The van der Waals surface area contributed by atoms with E-state index in [1.165, 1.54) is 22.9 Å². The van der Waals surface area contributed by atoms with E-state index in [1.807, 2.05) is 0 Å². The number of rotatable bonds is 4. The summed E-state index contributed by atoms with van der Waals surface area (Å²) in [6, 6.07) is 15.3. The number of aromatic nitrogens is 4. The maximum absolute atomic E-state index is 4.53. The number of hydrogen-bond donors (Lipinski definition) is 2. The zero-order valence-corrected chi connectivity index (χ0v) is 14.4. The lowest BCUT2D eigenvalue weighted by atomic mass is 10.1. The van der Waals surface area contributed by atoms with Gasteiger partial charge in [-0.3, -0.25) is 0 Å².